The van der Waals surface area contributed by atoms with E-state index < -0.39 is 0 Å². The van der Waals surface area contributed by atoms with Crippen molar-refractivity contribution in [3.05, 3.63) is 36.1 Å². The van der Waals surface area contributed by atoms with Crippen molar-refractivity contribution in [3.63, 3.8) is 0 Å². The van der Waals surface area contributed by atoms with E-state index in [0.717, 1.165) is 35.9 Å². The Hall–Kier alpha value is -1.77. The Bertz CT molecular complexity index is 587. The molecule has 1 aromatic carbocycles. The van der Waals surface area contributed by atoms with Crippen molar-refractivity contribution in [1.82, 2.24) is 4.90 Å². The monoisotopic (exact) mass is 257 g/mol. The molecule has 19 heavy (non-hydrogen) atoms. The molecular weight excluding hydrogens is 238 g/mol. The maximum absolute atomic E-state index is 12.4. The Morgan fingerprint density at radius 1 is 1.37 bits per heavy atom. The molecule has 3 rings (SSSR count). The molecule has 1 aliphatic heterocycles. The summed E-state index contributed by atoms with van der Waals surface area (Å²) in [6.45, 7) is 3.04. The smallest absolute Gasteiger partial charge is 0.227 e. The summed E-state index contributed by atoms with van der Waals surface area (Å²) < 4.78 is 5.49. The largest absolute Gasteiger partial charge is 0.464 e. The summed E-state index contributed by atoms with van der Waals surface area (Å²) in [6.07, 6.45) is 5.65. The first-order valence-corrected chi connectivity index (χ1v) is 7.00. The van der Waals surface area contributed by atoms with Gasteiger partial charge in [0.2, 0.25) is 5.91 Å². The first kappa shape index (κ1) is 12.3. The van der Waals surface area contributed by atoms with Gasteiger partial charge in [-0.2, -0.15) is 0 Å². The molecule has 0 bridgehead atoms. The van der Waals surface area contributed by atoms with Gasteiger partial charge in [-0.15, -0.1) is 0 Å². The minimum atomic E-state index is 0.221. The van der Waals surface area contributed by atoms with Crippen molar-refractivity contribution < 1.29 is 9.21 Å². The Morgan fingerprint density at radius 2 is 2.21 bits per heavy atom. The number of benzene rings is 1. The van der Waals surface area contributed by atoms with Crippen LogP contribution in [0.4, 0.5) is 0 Å². The van der Waals surface area contributed by atoms with Crippen LogP contribution < -0.4 is 0 Å². The molecule has 1 aromatic heterocycles. The average molecular weight is 257 g/mol. The van der Waals surface area contributed by atoms with Gasteiger partial charge in [0.25, 0.3) is 0 Å². The van der Waals surface area contributed by atoms with Crippen LogP contribution in [0.2, 0.25) is 0 Å². The molecule has 3 heteroatoms. The van der Waals surface area contributed by atoms with Gasteiger partial charge in [-0.3, -0.25) is 4.79 Å². The van der Waals surface area contributed by atoms with Crippen LogP contribution in [0.25, 0.3) is 11.0 Å². The highest BCUT2D eigenvalue weighted by molar-refractivity contribution is 5.87. The van der Waals surface area contributed by atoms with E-state index in [1.807, 2.05) is 29.2 Å². The summed E-state index contributed by atoms with van der Waals surface area (Å²) in [5, 5.41) is 1.06. The van der Waals surface area contributed by atoms with E-state index in [0.29, 0.717) is 12.5 Å². The molecule has 1 saturated heterocycles. The first-order valence-electron chi connectivity index (χ1n) is 7.00. The number of rotatable bonds is 2. The van der Waals surface area contributed by atoms with Crippen LogP contribution in [0, 0.1) is 0 Å². The molecule has 1 fully saturated rings. The second-order valence-electron chi connectivity index (χ2n) is 5.37. The normalized spacial score (nSPS) is 19.8. The summed E-state index contributed by atoms with van der Waals surface area (Å²) >= 11 is 0. The molecule has 1 amide bonds. The predicted octanol–water partition coefficient (Wildman–Crippen LogP) is 3.38. The number of amides is 1. The van der Waals surface area contributed by atoms with Gasteiger partial charge in [0.05, 0.1) is 12.7 Å². The van der Waals surface area contributed by atoms with Crippen molar-refractivity contribution in [3.8, 4) is 0 Å². The fourth-order valence-corrected chi connectivity index (χ4v) is 2.90. The van der Waals surface area contributed by atoms with Crippen molar-refractivity contribution in [2.24, 2.45) is 0 Å². The number of carbonyl (C=O) groups excluding carboxylic acids is 1. The molecule has 0 N–H and O–H groups in total. The van der Waals surface area contributed by atoms with Gasteiger partial charge in [-0.05, 0) is 32.3 Å². The van der Waals surface area contributed by atoms with Crippen LogP contribution in [-0.2, 0) is 11.2 Å². The molecule has 0 radical (unpaired) electrons. The lowest BCUT2D eigenvalue weighted by molar-refractivity contribution is -0.133. The molecule has 2 heterocycles. The van der Waals surface area contributed by atoms with Gasteiger partial charge >= 0.3 is 0 Å². The number of furan rings is 1. The number of fused-ring (bicyclic) bond motifs is 1. The summed E-state index contributed by atoms with van der Waals surface area (Å²) in [7, 11) is 0. The number of likely N-dealkylation sites (tertiary alicyclic amines) is 1. The van der Waals surface area contributed by atoms with Gasteiger partial charge in [0, 0.05) is 23.5 Å². The second kappa shape index (κ2) is 5.08. The van der Waals surface area contributed by atoms with Gasteiger partial charge in [-0.1, -0.05) is 18.2 Å². The summed E-state index contributed by atoms with van der Waals surface area (Å²) in [5.74, 6) is 0.221. The average Bonchev–Trinajstić information content (AvgIpc) is 2.83. The minimum Gasteiger partial charge on any atom is -0.464 e. The standard InChI is InChI=1S/C16H19NO2/c1-12-6-4-5-9-17(12)16(18)10-13-11-19-15-8-3-2-7-14(13)15/h2-3,7-8,11-12H,4-6,9-10H2,1H3. The van der Waals surface area contributed by atoms with Crippen LogP contribution in [0.15, 0.2) is 34.9 Å². The third-order valence-electron chi connectivity index (χ3n) is 4.03. The van der Waals surface area contributed by atoms with Crippen LogP contribution >= 0.6 is 0 Å². The Kier molecular flexibility index (Phi) is 3.28. The molecule has 3 nitrogen and oxygen atoms in total. The molecule has 100 valence electrons. The van der Waals surface area contributed by atoms with Crippen LogP contribution in [0.3, 0.4) is 0 Å². The molecular formula is C16H19NO2. The fourth-order valence-electron chi connectivity index (χ4n) is 2.90. The summed E-state index contributed by atoms with van der Waals surface area (Å²) in [6, 6.07) is 8.26. The number of nitrogens with zero attached hydrogens (tertiary/aromatic N) is 1. The van der Waals surface area contributed by atoms with Crippen LogP contribution in [0.5, 0.6) is 0 Å². The third-order valence-corrected chi connectivity index (χ3v) is 4.03. The SMILES string of the molecule is CC1CCCCN1C(=O)Cc1coc2ccccc12. The van der Waals surface area contributed by atoms with E-state index in [9.17, 15) is 4.79 Å². The van der Waals surface area contributed by atoms with E-state index in [2.05, 4.69) is 6.92 Å². The van der Waals surface area contributed by atoms with Gasteiger partial charge < -0.3 is 9.32 Å². The van der Waals surface area contributed by atoms with Crippen LogP contribution in [-0.4, -0.2) is 23.4 Å². The minimum absolute atomic E-state index is 0.221. The van der Waals surface area contributed by atoms with Gasteiger partial charge in [0.1, 0.15) is 5.58 Å². The maximum atomic E-state index is 12.4. The zero-order chi connectivity index (χ0) is 13.2. The highest BCUT2D eigenvalue weighted by atomic mass is 16.3. The lowest BCUT2D eigenvalue weighted by atomic mass is 10.0. The van der Waals surface area contributed by atoms with E-state index >= 15 is 0 Å². The third kappa shape index (κ3) is 2.37. The van der Waals surface area contributed by atoms with Gasteiger partial charge in [0.15, 0.2) is 0 Å². The molecule has 1 unspecified atom stereocenters. The zero-order valence-electron chi connectivity index (χ0n) is 11.3. The lowest BCUT2D eigenvalue weighted by Crippen LogP contribution is -2.42. The van der Waals surface area contributed by atoms with Gasteiger partial charge in [-0.25, -0.2) is 0 Å². The van der Waals surface area contributed by atoms with Crippen molar-refractivity contribution in [2.45, 2.75) is 38.6 Å². The highest BCUT2D eigenvalue weighted by Crippen LogP contribution is 2.23. The Balaban J connectivity index is 1.79. The first-order chi connectivity index (χ1) is 9.25. The lowest BCUT2D eigenvalue weighted by Gasteiger charge is -2.33. The number of carbonyl (C=O) groups is 1. The van der Waals surface area contributed by atoms with Crippen molar-refractivity contribution in [1.29, 1.82) is 0 Å². The van der Waals surface area contributed by atoms with Crippen molar-refractivity contribution >= 4 is 16.9 Å². The highest BCUT2D eigenvalue weighted by Gasteiger charge is 2.23. The molecule has 0 saturated carbocycles. The quantitative estimate of drug-likeness (QED) is 0.826. The van der Waals surface area contributed by atoms with E-state index in [1.165, 1.54) is 6.42 Å². The molecule has 0 aliphatic carbocycles. The Morgan fingerprint density at radius 3 is 3.05 bits per heavy atom. The molecule has 0 spiro atoms. The number of hydrogen-bond donors (Lipinski definition) is 0. The second-order valence-corrected chi connectivity index (χ2v) is 5.37. The summed E-state index contributed by atoms with van der Waals surface area (Å²) in [5.41, 5.74) is 1.86. The zero-order valence-corrected chi connectivity index (χ0v) is 11.3. The van der Waals surface area contributed by atoms with Crippen LogP contribution in [0.1, 0.15) is 31.7 Å². The number of para-hydroxylation sites is 1. The Labute approximate surface area is 113 Å². The summed E-state index contributed by atoms with van der Waals surface area (Å²) in [4.78, 5) is 14.4. The van der Waals surface area contributed by atoms with E-state index in [-0.39, 0.29) is 5.91 Å². The number of piperidine rings is 1. The molecule has 1 aliphatic rings. The maximum Gasteiger partial charge on any atom is 0.227 e. The fraction of sp³-hybridized carbons (Fsp3) is 0.438. The van der Waals surface area contributed by atoms with Crippen molar-refractivity contribution in [2.75, 3.05) is 6.54 Å². The van der Waals surface area contributed by atoms with E-state index in [1.54, 1.807) is 6.26 Å². The molecule has 1 atom stereocenters. The topological polar surface area (TPSA) is 33.5 Å². The van der Waals surface area contributed by atoms with E-state index in [4.69, 9.17) is 4.42 Å². The number of hydrogen-bond acceptors (Lipinski definition) is 2. The molecule has 2 aromatic rings. The predicted molar refractivity (Wildman–Crippen MR) is 74.9 cm³/mol.